The average Bonchev–Trinajstić information content (AvgIpc) is 3.20. The molecule has 7 nitrogen and oxygen atoms in total. The maximum absolute atomic E-state index is 9.41. The number of thiazole rings is 2. The molecule has 0 saturated heterocycles. The maximum atomic E-state index is 9.41. The zero-order valence-electron chi connectivity index (χ0n) is 12.5. The fourth-order valence-electron chi connectivity index (χ4n) is 2.43. The van der Waals surface area contributed by atoms with E-state index in [1.807, 2.05) is 23.9 Å². The Morgan fingerprint density at radius 2 is 2.13 bits per heavy atom. The second kappa shape index (κ2) is 5.52. The second-order valence-electron chi connectivity index (χ2n) is 5.31. The molecule has 23 heavy (non-hydrogen) atoms. The third kappa shape index (κ3) is 2.56. The molecule has 0 amide bonds. The minimum atomic E-state index is -0.461. The minimum Gasteiger partial charge on any atom is -0.391 e. The smallest absolute Gasteiger partial charge is 0.194 e. The lowest BCUT2D eigenvalue weighted by Crippen LogP contribution is -2.11. The number of hydrogen-bond acceptors (Lipinski definition) is 7. The van der Waals surface area contributed by atoms with Gasteiger partial charge in [0.2, 0.25) is 0 Å². The van der Waals surface area contributed by atoms with Gasteiger partial charge in [0, 0.05) is 17.0 Å². The van der Waals surface area contributed by atoms with Gasteiger partial charge in [0.1, 0.15) is 22.1 Å². The highest BCUT2D eigenvalue weighted by molar-refractivity contribution is 7.15. The van der Waals surface area contributed by atoms with Crippen LogP contribution in [-0.4, -0.2) is 40.6 Å². The van der Waals surface area contributed by atoms with E-state index in [4.69, 9.17) is 0 Å². The Hall–Kier alpha value is -2.10. The summed E-state index contributed by atoms with van der Waals surface area (Å²) in [6.45, 7) is 4.13. The van der Waals surface area contributed by atoms with Gasteiger partial charge in [-0.2, -0.15) is 0 Å². The first-order chi connectivity index (χ1) is 11.1. The first kappa shape index (κ1) is 14.5. The third-order valence-electron chi connectivity index (χ3n) is 3.40. The van der Waals surface area contributed by atoms with E-state index in [2.05, 4.69) is 24.7 Å². The standard InChI is InChI=1S/C14H14N6OS2/c1-8(21)5-19-6-10(17-18-19)11-7-23-13(16-11)12-9(2)15-14-20(12)3-4-22-14/h3-4,6-8,21H,5H2,1-2H3. The molecule has 0 radical (unpaired) electrons. The summed E-state index contributed by atoms with van der Waals surface area (Å²) in [7, 11) is 0. The summed E-state index contributed by atoms with van der Waals surface area (Å²) in [5.41, 5.74) is 3.48. The van der Waals surface area contributed by atoms with Crippen LogP contribution in [0, 0.1) is 6.92 Å². The minimum absolute atomic E-state index is 0.418. The Kier molecular flexibility index (Phi) is 3.47. The molecule has 0 saturated carbocycles. The molecule has 1 N–H and O–H groups in total. The molecule has 1 atom stereocenters. The van der Waals surface area contributed by atoms with E-state index < -0.39 is 6.10 Å². The Bertz CT molecular complexity index is 963. The Balaban J connectivity index is 1.70. The first-order valence-electron chi connectivity index (χ1n) is 7.08. The highest BCUT2D eigenvalue weighted by Crippen LogP contribution is 2.31. The molecule has 0 aromatic carbocycles. The topological polar surface area (TPSA) is 81.1 Å². The van der Waals surface area contributed by atoms with Crippen LogP contribution in [0.5, 0.6) is 0 Å². The van der Waals surface area contributed by atoms with Crippen LogP contribution in [0.1, 0.15) is 12.6 Å². The van der Waals surface area contributed by atoms with Crippen LogP contribution in [0.25, 0.3) is 27.1 Å². The fourth-order valence-corrected chi connectivity index (χ4v) is 4.09. The van der Waals surface area contributed by atoms with E-state index in [1.165, 1.54) is 0 Å². The van der Waals surface area contributed by atoms with Crippen LogP contribution in [0.4, 0.5) is 0 Å². The highest BCUT2D eigenvalue weighted by Gasteiger charge is 2.17. The molecular formula is C14H14N6OS2. The Morgan fingerprint density at radius 1 is 1.26 bits per heavy atom. The van der Waals surface area contributed by atoms with Crippen LogP contribution in [-0.2, 0) is 6.54 Å². The van der Waals surface area contributed by atoms with E-state index in [0.717, 1.165) is 27.1 Å². The second-order valence-corrected chi connectivity index (χ2v) is 7.05. The summed E-state index contributed by atoms with van der Waals surface area (Å²) in [5, 5.41) is 22.5. The maximum Gasteiger partial charge on any atom is 0.194 e. The molecule has 4 aromatic rings. The summed E-state index contributed by atoms with van der Waals surface area (Å²) >= 11 is 3.17. The molecule has 4 heterocycles. The predicted molar refractivity (Wildman–Crippen MR) is 89.6 cm³/mol. The van der Waals surface area contributed by atoms with E-state index in [1.54, 1.807) is 40.5 Å². The molecule has 0 aliphatic heterocycles. The fraction of sp³-hybridized carbons (Fsp3) is 0.286. The summed E-state index contributed by atoms with van der Waals surface area (Å²) in [4.78, 5) is 10.2. The van der Waals surface area contributed by atoms with Gasteiger partial charge in [-0.15, -0.1) is 27.8 Å². The van der Waals surface area contributed by atoms with Crippen molar-refractivity contribution in [1.82, 2.24) is 29.4 Å². The highest BCUT2D eigenvalue weighted by atomic mass is 32.1. The molecule has 0 bridgehead atoms. The van der Waals surface area contributed by atoms with Crippen molar-refractivity contribution in [1.29, 1.82) is 0 Å². The van der Waals surface area contributed by atoms with Gasteiger partial charge in [0.15, 0.2) is 4.96 Å². The molecular weight excluding hydrogens is 332 g/mol. The first-order valence-corrected chi connectivity index (χ1v) is 8.84. The van der Waals surface area contributed by atoms with Crippen molar-refractivity contribution in [2.45, 2.75) is 26.5 Å². The summed E-state index contributed by atoms with van der Waals surface area (Å²) < 4.78 is 3.69. The monoisotopic (exact) mass is 346 g/mol. The molecule has 0 fully saturated rings. The van der Waals surface area contributed by atoms with Crippen LogP contribution in [0.2, 0.25) is 0 Å². The van der Waals surface area contributed by atoms with E-state index in [9.17, 15) is 5.11 Å². The van der Waals surface area contributed by atoms with Gasteiger partial charge >= 0.3 is 0 Å². The van der Waals surface area contributed by atoms with Crippen molar-refractivity contribution in [3.8, 4) is 22.1 Å². The van der Waals surface area contributed by atoms with Gasteiger partial charge in [-0.1, -0.05) is 5.21 Å². The molecule has 0 aliphatic rings. The number of aryl methyl sites for hydroxylation is 1. The SMILES string of the molecule is Cc1nc2sccn2c1-c1nc(-c2cn(CC(C)O)nn2)cs1. The lowest BCUT2D eigenvalue weighted by Gasteiger charge is -2.01. The van der Waals surface area contributed by atoms with Crippen LogP contribution in [0.3, 0.4) is 0 Å². The van der Waals surface area contributed by atoms with E-state index in [0.29, 0.717) is 12.2 Å². The largest absolute Gasteiger partial charge is 0.391 e. The zero-order valence-corrected chi connectivity index (χ0v) is 14.2. The summed E-state index contributed by atoms with van der Waals surface area (Å²) in [6, 6.07) is 0. The summed E-state index contributed by atoms with van der Waals surface area (Å²) in [6.07, 6.45) is 3.35. The number of fused-ring (bicyclic) bond motifs is 1. The van der Waals surface area contributed by atoms with Crippen molar-refractivity contribution < 1.29 is 5.11 Å². The number of aromatic nitrogens is 6. The van der Waals surface area contributed by atoms with Crippen molar-refractivity contribution in [2.24, 2.45) is 0 Å². The number of rotatable bonds is 4. The van der Waals surface area contributed by atoms with Crippen molar-refractivity contribution in [2.75, 3.05) is 0 Å². The zero-order chi connectivity index (χ0) is 16.0. The van der Waals surface area contributed by atoms with E-state index in [-0.39, 0.29) is 0 Å². The molecule has 4 rings (SSSR count). The number of aliphatic hydroxyl groups excluding tert-OH is 1. The quantitative estimate of drug-likeness (QED) is 0.614. The molecule has 4 aromatic heterocycles. The van der Waals surface area contributed by atoms with Gasteiger partial charge in [-0.25, -0.2) is 14.6 Å². The lowest BCUT2D eigenvalue weighted by atomic mass is 10.3. The Morgan fingerprint density at radius 3 is 2.96 bits per heavy atom. The number of aliphatic hydroxyl groups is 1. The van der Waals surface area contributed by atoms with Crippen LogP contribution in [0.15, 0.2) is 23.2 Å². The predicted octanol–water partition coefficient (Wildman–Crippen LogP) is 2.47. The number of hydrogen-bond donors (Lipinski definition) is 1. The van der Waals surface area contributed by atoms with Crippen LogP contribution < -0.4 is 0 Å². The normalized spacial score (nSPS) is 13.0. The third-order valence-corrected chi connectivity index (χ3v) is 5.00. The lowest BCUT2D eigenvalue weighted by molar-refractivity contribution is 0.167. The van der Waals surface area contributed by atoms with Gasteiger partial charge in [-0.3, -0.25) is 4.40 Å². The molecule has 0 spiro atoms. The molecule has 1 unspecified atom stereocenters. The number of nitrogens with zero attached hydrogens (tertiary/aromatic N) is 6. The molecule has 0 aliphatic carbocycles. The average molecular weight is 346 g/mol. The summed E-state index contributed by atoms with van der Waals surface area (Å²) in [5.74, 6) is 0. The van der Waals surface area contributed by atoms with Crippen molar-refractivity contribution >= 4 is 27.6 Å². The molecule has 9 heteroatoms. The molecule has 118 valence electrons. The van der Waals surface area contributed by atoms with Crippen molar-refractivity contribution in [3.05, 3.63) is 28.8 Å². The number of imidazole rings is 1. The Labute approximate surface area is 139 Å². The van der Waals surface area contributed by atoms with Crippen molar-refractivity contribution in [3.63, 3.8) is 0 Å². The van der Waals surface area contributed by atoms with Gasteiger partial charge in [0.05, 0.1) is 24.5 Å². The van der Waals surface area contributed by atoms with Gasteiger partial charge < -0.3 is 5.11 Å². The van der Waals surface area contributed by atoms with Gasteiger partial charge in [0.25, 0.3) is 0 Å². The van der Waals surface area contributed by atoms with Gasteiger partial charge in [-0.05, 0) is 13.8 Å². The van der Waals surface area contributed by atoms with Crippen LogP contribution >= 0.6 is 22.7 Å². The van der Waals surface area contributed by atoms with E-state index >= 15 is 0 Å².